The zero-order chi connectivity index (χ0) is 16.7. The molecule has 0 saturated carbocycles. The fraction of sp³-hybridized carbons (Fsp3) is 0.500. The number of benzene rings is 1. The summed E-state index contributed by atoms with van der Waals surface area (Å²) >= 11 is 0. The van der Waals surface area contributed by atoms with Crippen molar-refractivity contribution in [3.63, 3.8) is 0 Å². The van der Waals surface area contributed by atoms with Gasteiger partial charge in [0, 0.05) is 23.9 Å². The van der Waals surface area contributed by atoms with Crippen molar-refractivity contribution in [1.29, 1.82) is 5.26 Å². The summed E-state index contributed by atoms with van der Waals surface area (Å²) in [7, 11) is 0. The lowest BCUT2D eigenvalue weighted by Crippen LogP contribution is -2.55. The van der Waals surface area contributed by atoms with Crippen LogP contribution in [-0.4, -0.2) is 23.8 Å². The Kier molecular flexibility index (Phi) is 3.90. The third-order valence-electron chi connectivity index (χ3n) is 5.64. The van der Waals surface area contributed by atoms with Crippen molar-refractivity contribution in [2.75, 3.05) is 13.1 Å². The van der Waals surface area contributed by atoms with E-state index in [1.165, 1.54) is 5.56 Å². The summed E-state index contributed by atoms with van der Waals surface area (Å²) in [6.07, 6.45) is 2.94. The second kappa shape index (κ2) is 5.62. The molecule has 0 amide bonds. The molecule has 23 heavy (non-hydrogen) atoms. The van der Waals surface area contributed by atoms with E-state index in [0.29, 0.717) is 11.5 Å². The smallest absolute Gasteiger partial charge is 0.178 e. The Balaban J connectivity index is 1.87. The van der Waals surface area contributed by atoms with Gasteiger partial charge in [-0.15, -0.1) is 0 Å². The van der Waals surface area contributed by atoms with Crippen LogP contribution in [0.25, 0.3) is 0 Å². The number of rotatable bonds is 2. The van der Waals surface area contributed by atoms with E-state index in [-0.39, 0.29) is 11.2 Å². The maximum Gasteiger partial charge on any atom is 0.178 e. The second-order valence-electron chi connectivity index (χ2n) is 7.76. The van der Waals surface area contributed by atoms with Crippen molar-refractivity contribution >= 4 is 5.78 Å². The summed E-state index contributed by atoms with van der Waals surface area (Å²) in [5, 5.41) is 9.35. The quantitative estimate of drug-likeness (QED) is 0.839. The number of allylic oxidation sites excluding steroid dienone is 1. The normalized spacial score (nSPS) is 30.3. The summed E-state index contributed by atoms with van der Waals surface area (Å²) in [5.74, 6) is 0.311. The van der Waals surface area contributed by atoms with Crippen molar-refractivity contribution < 1.29 is 4.79 Å². The average Bonchev–Trinajstić information content (AvgIpc) is 2.52. The highest BCUT2D eigenvalue weighted by atomic mass is 16.1. The second-order valence-corrected chi connectivity index (χ2v) is 7.76. The molecule has 2 aliphatic rings. The van der Waals surface area contributed by atoms with E-state index >= 15 is 0 Å². The molecule has 3 heteroatoms. The van der Waals surface area contributed by atoms with Gasteiger partial charge < -0.3 is 0 Å². The molecule has 0 spiro atoms. The van der Waals surface area contributed by atoms with Gasteiger partial charge in [-0.3, -0.25) is 9.69 Å². The highest BCUT2D eigenvalue weighted by Crippen LogP contribution is 2.52. The Bertz CT molecular complexity index is 683. The van der Waals surface area contributed by atoms with Crippen LogP contribution in [0, 0.1) is 28.1 Å². The van der Waals surface area contributed by atoms with Crippen LogP contribution < -0.4 is 0 Å². The van der Waals surface area contributed by atoms with E-state index in [4.69, 9.17) is 0 Å². The maximum atomic E-state index is 12.5. The minimum atomic E-state index is -0.451. The van der Waals surface area contributed by atoms with E-state index < -0.39 is 5.41 Å². The molecule has 1 fully saturated rings. The Morgan fingerprint density at radius 2 is 1.96 bits per heavy atom. The van der Waals surface area contributed by atoms with Crippen LogP contribution in [0.3, 0.4) is 0 Å². The number of nitrogens with zero attached hydrogens (tertiary/aromatic N) is 2. The molecule has 3 nitrogen and oxygen atoms in total. The number of likely N-dealkylation sites (tertiary alicyclic amines) is 1. The molecule has 2 atom stereocenters. The Morgan fingerprint density at radius 3 is 2.61 bits per heavy atom. The Morgan fingerprint density at radius 1 is 1.26 bits per heavy atom. The van der Waals surface area contributed by atoms with Crippen molar-refractivity contribution in [3.05, 3.63) is 47.5 Å². The minimum absolute atomic E-state index is 0.0129. The van der Waals surface area contributed by atoms with Crippen LogP contribution in [0.1, 0.15) is 32.8 Å². The molecule has 0 aromatic heterocycles. The van der Waals surface area contributed by atoms with E-state index in [9.17, 15) is 10.1 Å². The van der Waals surface area contributed by atoms with E-state index in [0.717, 1.165) is 26.1 Å². The predicted octanol–water partition coefficient (Wildman–Crippen LogP) is 3.57. The molecule has 1 aromatic carbocycles. The SMILES string of the molecule is CC1(C)C(=O)C(C#N)=C[C@@]2(C)CN(Cc3ccccc3)CC[C@H]12. The van der Waals surface area contributed by atoms with E-state index in [2.05, 4.69) is 42.2 Å². The van der Waals surface area contributed by atoms with Crippen LogP contribution in [0.5, 0.6) is 0 Å². The zero-order valence-corrected chi connectivity index (χ0v) is 14.2. The summed E-state index contributed by atoms with van der Waals surface area (Å²) in [5.41, 5.74) is 1.09. The fourth-order valence-corrected chi connectivity index (χ4v) is 4.60. The molecule has 3 rings (SSSR count). The first-order valence-electron chi connectivity index (χ1n) is 8.31. The van der Waals surface area contributed by atoms with Gasteiger partial charge in [-0.05, 0) is 24.4 Å². The van der Waals surface area contributed by atoms with Crippen LogP contribution in [0.2, 0.25) is 0 Å². The number of carbonyl (C=O) groups is 1. The van der Waals surface area contributed by atoms with Crippen LogP contribution in [0.4, 0.5) is 0 Å². The molecule has 1 aromatic rings. The number of carbonyl (C=O) groups excluding carboxylic acids is 1. The third-order valence-corrected chi connectivity index (χ3v) is 5.64. The first-order chi connectivity index (χ1) is 10.9. The lowest BCUT2D eigenvalue weighted by Gasteiger charge is -2.53. The van der Waals surface area contributed by atoms with Crippen LogP contribution >= 0.6 is 0 Å². The van der Waals surface area contributed by atoms with Gasteiger partial charge in [0.1, 0.15) is 6.07 Å². The number of nitriles is 1. The first kappa shape index (κ1) is 16.0. The van der Waals surface area contributed by atoms with Gasteiger partial charge in [-0.2, -0.15) is 5.26 Å². The molecule has 0 N–H and O–H groups in total. The molecule has 0 bridgehead atoms. The lowest BCUT2D eigenvalue weighted by molar-refractivity contribution is -0.132. The number of ketones is 1. The van der Waals surface area contributed by atoms with Crippen LogP contribution in [-0.2, 0) is 11.3 Å². The molecule has 1 aliphatic carbocycles. The van der Waals surface area contributed by atoms with Gasteiger partial charge in [0.2, 0.25) is 0 Å². The summed E-state index contributed by atoms with van der Waals surface area (Å²) in [6, 6.07) is 12.6. The molecular weight excluding hydrogens is 284 g/mol. The molecule has 0 unspecified atom stereocenters. The Labute approximate surface area is 138 Å². The average molecular weight is 308 g/mol. The lowest BCUT2D eigenvalue weighted by atomic mass is 9.55. The topological polar surface area (TPSA) is 44.1 Å². The van der Waals surface area contributed by atoms with Crippen molar-refractivity contribution in [2.45, 2.75) is 33.7 Å². The number of hydrogen-bond acceptors (Lipinski definition) is 3. The molecular formula is C20H24N2O. The van der Waals surface area contributed by atoms with Crippen LogP contribution in [0.15, 0.2) is 42.0 Å². The van der Waals surface area contributed by atoms with Crippen molar-refractivity contribution in [1.82, 2.24) is 4.90 Å². The van der Waals surface area contributed by atoms with Gasteiger partial charge in [0.15, 0.2) is 5.78 Å². The number of piperidine rings is 1. The summed E-state index contributed by atoms with van der Waals surface area (Å²) in [6.45, 7) is 9.05. The monoisotopic (exact) mass is 308 g/mol. The molecule has 1 aliphatic heterocycles. The largest absolute Gasteiger partial charge is 0.298 e. The summed E-state index contributed by atoms with van der Waals surface area (Å²) in [4.78, 5) is 15.0. The van der Waals surface area contributed by atoms with E-state index in [1.807, 2.05) is 26.0 Å². The molecule has 120 valence electrons. The first-order valence-corrected chi connectivity index (χ1v) is 8.31. The third kappa shape index (κ3) is 2.72. The van der Waals surface area contributed by atoms with E-state index in [1.54, 1.807) is 0 Å². The number of hydrogen-bond donors (Lipinski definition) is 0. The maximum absolute atomic E-state index is 12.5. The van der Waals surface area contributed by atoms with Gasteiger partial charge in [0.05, 0.1) is 5.57 Å². The molecule has 1 heterocycles. The fourth-order valence-electron chi connectivity index (χ4n) is 4.60. The zero-order valence-electron chi connectivity index (χ0n) is 14.2. The van der Waals surface area contributed by atoms with Gasteiger partial charge in [-0.25, -0.2) is 0 Å². The standard InChI is InChI=1S/C20H24N2O/c1-19(2)17-9-10-22(13-15-7-5-4-6-8-15)14-20(17,3)11-16(12-21)18(19)23/h4-8,11,17H,9-10,13-14H2,1-3H3/t17-,20+/m1/s1. The van der Waals surface area contributed by atoms with Gasteiger partial charge >= 0.3 is 0 Å². The van der Waals surface area contributed by atoms with Gasteiger partial charge in [-0.1, -0.05) is 57.2 Å². The van der Waals surface area contributed by atoms with Crippen molar-refractivity contribution in [3.8, 4) is 6.07 Å². The molecule has 1 saturated heterocycles. The number of fused-ring (bicyclic) bond motifs is 1. The minimum Gasteiger partial charge on any atom is -0.298 e. The number of Topliss-reactive ketones (excluding diaryl/α,β-unsaturated/α-hetero) is 1. The van der Waals surface area contributed by atoms with Crippen molar-refractivity contribution in [2.24, 2.45) is 16.7 Å². The van der Waals surface area contributed by atoms with Gasteiger partial charge in [0.25, 0.3) is 0 Å². The molecule has 0 radical (unpaired) electrons. The highest BCUT2D eigenvalue weighted by molar-refractivity contribution is 6.04. The predicted molar refractivity (Wildman–Crippen MR) is 90.4 cm³/mol. The Hall–Kier alpha value is -1.92. The summed E-state index contributed by atoms with van der Waals surface area (Å²) < 4.78 is 0. The highest BCUT2D eigenvalue weighted by Gasteiger charge is 2.53.